The molecule has 0 amide bonds. The van der Waals surface area contributed by atoms with Gasteiger partial charge in [0, 0.05) is 109 Å². The van der Waals surface area contributed by atoms with Crippen molar-refractivity contribution in [3.63, 3.8) is 0 Å². The van der Waals surface area contributed by atoms with E-state index in [1.54, 1.807) is 46.4 Å². The van der Waals surface area contributed by atoms with Crippen molar-refractivity contribution < 1.29 is 91.1 Å². The molecule has 105 heavy (non-hydrogen) atoms. The van der Waals surface area contributed by atoms with E-state index in [1.807, 2.05) is 95.0 Å². The summed E-state index contributed by atoms with van der Waals surface area (Å²) in [7, 11) is 5.60. The summed E-state index contributed by atoms with van der Waals surface area (Å²) in [6, 6.07) is 20.0. The number of carboxylic acids is 1. The Balaban J connectivity index is 0.000000173. The zero-order chi connectivity index (χ0) is 74.9. The SMILES string of the molecule is CC(=O)[O-].CNO.CO.Cn1c2nc(/C=N/O)sc2c2cnn(Cc3cccc4c3cnn4COCC[Si](C)(C)C)c(=O)c21.Cn1c2nc(C=O)sc2c2cnn(Cc3cccc4c3cnn4COCC[Si](C)(C)C)c(=O)c21.Cn1c2nc(CN)sc2c2cnn(Cc3cccc4[nH]ncc34)c(=O)c21.[K+]. The van der Waals surface area contributed by atoms with Crippen molar-refractivity contribution in [2.24, 2.45) is 32.0 Å². The molecule has 0 aliphatic rings. The second-order valence-corrected chi connectivity index (χ2v) is 40.6. The van der Waals surface area contributed by atoms with Crippen molar-refractivity contribution in [1.82, 2.24) is 93.2 Å². The average molecular weight is 1550 g/mol. The molecule has 3 aromatic carbocycles. The number of nitrogens with one attached hydrogen (secondary N) is 2. The first-order valence-corrected chi connectivity index (χ1v) is 42.4. The number of aliphatic carboxylic acids is 1. The second-order valence-electron chi connectivity index (χ2n) is 26.2. The Hall–Kier alpha value is -8.56. The van der Waals surface area contributed by atoms with Crippen LogP contribution in [0.4, 0.5) is 0 Å². The third-order valence-electron chi connectivity index (χ3n) is 16.6. The van der Waals surface area contributed by atoms with Gasteiger partial charge in [0.2, 0.25) is 0 Å². The number of hydrogen-bond donors (Lipinski definition) is 6. The number of carbonyl (C=O) groups excluding carboxylic acids is 2. The third-order valence-corrected chi connectivity index (χ3v) is 23.1. The Bertz CT molecular complexity index is 5800. The van der Waals surface area contributed by atoms with E-state index in [4.69, 9.17) is 40.6 Å². The summed E-state index contributed by atoms with van der Waals surface area (Å²) >= 11 is 4.14. The maximum Gasteiger partial charge on any atom is 1.00 e. The van der Waals surface area contributed by atoms with Crippen LogP contribution in [0.5, 0.6) is 0 Å². The Kier molecular flexibility index (Phi) is 27.0. The number of thiazole rings is 3. The molecule has 0 bridgehead atoms. The molecular formula is C67H80KN21O11S3Si2. The van der Waals surface area contributed by atoms with Crippen molar-refractivity contribution in [1.29, 1.82) is 0 Å². The fraction of sp³-hybridized carbons (Fsp3) is 0.328. The number of H-pyrrole nitrogens is 1. The van der Waals surface area contributed by atoms with Crippen molar-refractivity contribution >= 4 is 165 Å². The maximum atomic E-state index is 13.4. The van der Waals surface area contributed by atoms with Crippen LogP contribution >= 0.6 is 34.0 Å². The average Bonchev–Trinajstić information content (AvgIpc) is 1.64. The molecule has 0 unspecified atom stereocenters. The van der Waals surface area contributed by atoms with Crippen LogP contribution < -0.4 is 84.4 Å². The van der Waals surface area contributed by atoms with Crippen LogP contribution in [-0.2, 0) is 75.1 Å². The number of aliphatic hydroxyl groups is 1. The standard InChI is InChI=1S/C23H27N7O3SSi.C23H26N6O3SSi.C17H15N7OS.C2H4O2.CH5NO.CH4O.K/c1-28-20-17(21-22(28)27-19(34-21)12-26-32)11-24-29(23(20)31)13-15-6-5-7-18-16(15)10-25-30(18)14-33-8-9-35(2,3)4;1-27-20-17(21-22(27)26-19(13-30)33-21)11-24-28(23(20)31)12-15-6-5-7-18-16(15)10-25-29(18)14-32-8-9-34(2,3)4;1-23-14-11(15-16(23)21-13(5-18)26-15)7-20-24(17(14)25)8-9-3-2-4-12-10(9)6-19-22-12;1-2(3)4;1-2-3;1-2;/h5-7,10-12,32H,8-9,13-14H2,1-4H3;5-7,10-11,13H,8-9,12,14H2,1-4H3;2-4,6-7H,5,8,18H2,1H3,(H,19,22);1H3,(H,3,4);2-3H,1H3;2H,1H3;/q;;;;;;+1/p-1/b26-12+;;;;;;. The van der Waals surface area contributed by atoms with E-state index in [-0.39, 0.29) is 68.1 Å². The molecule has 0 saturated carbocycles. The van der Waals surface area contributed by atoms with Crippen LogP contribution in [0.3, 0.4) is 0 Å². The molecule has 0 aliphatic heterocycles. The minimum absolute atomic E-state index is 0. The Morgan fingerprint density at radius 2 is 0.971 bits per heavy atom. The number of aliphatic hydroxyl groups excluding tert-OH is 1. The first-order chi connectivity index (χ1) is 49.8. The molecular weight excluding hydrogens is 1470 g/mol. The number of nitrogens with two attached hydrogens (primary N) is 1. The van der Waals surface area contributed by atoms with Crippen LogP contribution in [0.2, 0.25) is 51.4 Å². The molecule has 15 aromatic rings. The van der Waals surface area contributed by atoms with Crippen molar-refractivity contribution in [3.8, 4) is 0 Å². The van der Waals surface area contributed by atoms with E-state index in [0.29, 0.717) is 82.9 Å². The predicted molar refractivity (Wildman–Crippen MR) is 408 cm³/mol. The van der Waals surface area contributed by atoms with Gasteiger partial charge in [-0.3, -0.25) is 24.3 Å². The number of aldehydes is 1. The number of aromatic nitrogens is 18. The van der Waals surface area contributed by atoms with Crippen molar-refractivity contribution in [2.45, 2.75) is 97.9 Å². The summed E-state index contributed by atoms with van der Waals surface area (Å²) in [4.78, 5) is 73.1. The number of hydroxylamine groups is 1. The number of benzene rings is 3. The van der Waals surface area contributed by atoms with E-state index in [9.17, 15) is 19.2 Å². The molecule has 7 N–H and O–H groups in total. The largest absolute Gasteiger partial charge is 1.00 e. The number of carbonyl (C=O) groups is 2. The molecule has 12 aromatic heterocycles. The van der Waals surface area contributed by atoms with Crippen molar-refractivity contribution in [3.05, 3.63) is 155 Å². The van der Waals surface area contributed by atoms with Gasteiger partial charge >= 0.3 is 51.4 Å². The quantitative estimate of drug-likeness (QED) is 0.0163. The monoisotopic (exact) mass is 1550 g/mol. The summed E-state index contributed by atoms with van der Waals surface area (Å²) < 4.78 is 27.8. The van der Waals surface area contributed by atoms with E-state index in [1.165, 1.54) is 61.3 Å². The van der Waals surface area contributed by atoms with E-state index in [0.717, 1.165) is 131 Å². The molecule has 12 heterocycles. The van der Waals surface area contributed by atoms with Crippen LogP contribution in [0.15, 0.2) is 111 Å². The molecule has 0 fully saturated rings. The number of fused-ring (bicyclic) bond motifs is 12. The zero-order valence-corrected chi connectivity index (χ0v) is 67.9. The molecule has 15 rings (SSSR count). The number of hydrogen-bond acceptors (Lipinski definition) is 26. The maximum absolute atomic E-state index is 13.4. The van der Waals surface area contributed by atoms with Crippen LogP contribution in [0.25, 0.3) is 96.5 Å². The third kappa shape index (κ3) is 18.0. The number of nitrogens with zero attached hydrogens (tertiary/aromatic N) is 18. The number of ether oxygens (including phenoxy) is 2. The van der Waals surface area contributed by atoms with Gasteiger partial charge in [0.15, 0.2) is 28.2 Å². The molecule has 38 heteroatoms. The van der Waals surface area contributed by atoms with Gasteiger partial charge in [0.05, 0.1) is 87.5 Å². The minimum atomic E-state index is -1.14. The second kappa shape index (κ2) is 35.2. The minimum Gasteiger partial charge on any atom is -0.550 e. The summed E-state index contributed by atoms with van der Waals surface area (Å²) in [5.74, 6) is -1.08. The number of aryl methyl sites for hydroxylation is 3. The summed E-state index contributed by atoms with van der Waals surface area (Å²) in [5.41, 5.74) is 16.4. The number of aromatic amines is 1. The van der Waals surface area contributed by atoms with Gasteiger partial charge in [0.25, 0.3) is 16.7 Å². The smallest absolute Gasteiger partial charge is 0.550 e. The van der Waals surface area contributed by atoms with Gasteiger partial charge in [-0.1, -0.05) is 80.8 Å². The molecule has 546 valence electrons. The van der Waals surface area contributed by atoms with E-state index >= 15 is 0 Å². The van der Waals surface area contributed by atoms with Gasteiger partial charge in [-0.15, -0.1) is 34.0 Å². The first-order valence-electron chi connectivity index (χ1n) is 32.6. The normalized spacial score (nSPS) is 11.6. The van der Waals surface area contributed by atoms with Gasteiger partial charge in [-0.05, 0) is 53.9 Å². The van der Waals surface area contributed by atoms with Gasteiger partial charge in [0.1, 0.15) is 46.2 Å². The van der Waals surface area contributed by atoms with Gasteiger partial charge in [-0.25, -0.2) is 43.8 Å². The summed E-state index contributed by atoms with van der Waals surface area (Å²) in [6.45, 7) is 18.6. The molecule has 0 aliphatic carbocycles. The number of oxime groups is 1. The summed E-state index contributed by atoms with van der Waals surface area (Å²) in [5, 5.41) is 71.4. The van der Waals surface area contributed by atoms with Gasteiger partial charge < -0.3 is 54.3 Å². The number of carboxylic acid groups (broad SMARTS) is 1. The van der Waals surface area contributed by atoms with E-state index < -0.39 is 22.1 Å². The fourth-order valence-corrected chi connectivity index (χ4v) is 15.9. The molecule has 0 saturated heterocycles. The fourth-order valence-electron chi connectivity index (χ4n) is 11.5. The molecule has 32 nitrogen and oxygen atoms in total. The zero-order valence-electron chi connectivity index (χ0n) is 60.3. The predicted octanol–water partition coefficient (Wildman–Crippen LogP) is 4.42. The Morgan fingerprint density at radius 1 is 0.600 bits per heavy atom. The Morgan fingerprint density at radius 3 is 1.38 bits per heavy atom. The molecule has 0 atom stereocenters. The molecule has 0 spiro atoms. The van der Waals surface area contributed by atoms with Crippen LogP contribution in [-0.4, -0.2) is 165 Å². The molecule has 0 radical (unpaired) electrons. The van der Waals surface area contributed by atoms with Gasteiger partial charge in [-0.2, -0.15) is 30.6 Å². The Labute approximate surface area is 655 Å². The van der Waals surface area contributed by atoms with Crippen molar-refractivity contribution in [2.75, 3.05) is 27.4 Å². The first kappa shape index (κ1) is 80.5. The van der Waals surface area contributed by atoms with E-state index in [2.05, 4.69) is 95.1 Å². The topological polar surface area (TPSA) is 409 Å². The number of rotatable bonds is 19. The van der Waals surface area contributed by atoms with Crippen LogP contribution in [0, 0.1) is 0 Å². The van der Waals surface area contributed by atoms with Crippen LogP contribution in [0.1, 0.15) is 43.4 Å². The summed E-state index contributed by atoms with van der Waals surface area (Å²) in [6.07, 6.45) is 12.5.